The normalized spacial score (nSPS) is 14.0. The molecule has 1 aromatic rings. The topological polar surface area (TPSA) is 72.9 Å². The zero-order valence-electron chi connectivity index (χ0n) is 12.4. The first-order valence-corrected chi connectivity index (χ1v) is 7.05. The van der Waals surface area contributed by atoms with E-state index in [0.29, 0.717) is 13.1 Å². The maximum atomic E-state index is 12.2. The molecule has 21 heavy (non-hydrogen) atoms. The Morgan fingerprint density at radius 2 is 2.14 bits per heavy atom. The van der Waals surface area contributed by atoms with E-state index < -0.39 is 5.97 Å². The van der Waals surface area contributed by atoms with Gasteiger partial charge in [0.15, 0.2) is 0 Å². The molecule has 0 radical (unpaired) electrons. The smallest absolute Gasteiger partial charge is 0.335 e. The maximum Gasteiger partial charge on any atom is 0.335 e. The highest BCUT2D eigenvalue weighted by atomic mass is 16.4. The summed E-state index contributed by atoms with van der Waals surface area (Å²) in [7, 11) is 3.91. The number of carbonyl (C=O) groups is 2. The van der Waals surface area contributed by atoms with Crippen LogP contribution in [-0.4, -0.2) is 55.7 Å². The molecule has 114 valence electrons. The van der Waals surface area contributed by atoms with E-state index in [2.05, 4.69) is 5.32 Å². The molecule has 0 saturated carbocycles. The van der Waals surface area contributed by atoms with Crippen LogP contribution in [0.2, 0.25) is 0 Å². The molecule has 0 fully saturated rings. The SMILES string of the molecule is CN(C)CCNC(=O)N1CCCc2cc(C(=O)O)ccc21. The first-order chi connectivity index (χ1) is 9.99. The van der Waals surface area contributed by atoms with Crippen molar-refractivity contribution in [1.29, 1.82) is 0 Å². The third-order valence-corrected chi connectivity index (χ3v) is 3.53. The van der Waals surface area contributed by atoms with Gasteiger partial charge in [0.25, 0.3) is 0 Å². The monoisotopic (exact) mass is 291 g/mol. The first-order valence-electron chi connectivity index (χ1n) is 7.05. The van der Waals surface area contributed by atoms with Gasteiger partial charge in [-0.3, -0.25) is 4.90 Å². The molecule has 2 N–H and O–H groups in total. The number of hydrogen-bond acceptors (Lipinski definition) is 3. The molecule has 2 rings (SSSR count). The van der Waals surface area contributed by atoms with Gasteiger partial charge in [-0.2, -0.15) is 0 Å². The number of carboxylic acids is 1. The second-order valence-corrected chi connectivity index (χ2v) is 5.44. The minimum Gasteiger partial charge on any atom is -0.478 e. The van der Waals surface area contributed by atoms with Crippen molar-refractivity contribution in [2.75, 3.05) is 38.6 Å². The molecule has 1 aromatic carbocycles. The number of urea groups is 1. The molecule has 2 amide bonds. The Hall–Kier alpha value is -2.08. The lowest BCUT2D eigenvalue weighted by Gasteiger charge is -2.30. The Morgan fingerprint density at radius 3 is 2.81 bits per heavy atom. The molecule has 0 bridgehead atoms. The lowest BCUT2D eigenvalue weighted by molar-refractivity contribution is 0.0696. The molecule has 0 saturated heterocycles. The van der Waals surface area contributed by atoms with Gasteiger partial charge in [0.2, 0.25) is 0 Å². The van der Waals surface area contributed by atoms with Gasteiger partial charge in [-0.1, -0.05) is 0 Å². The van der Waals surface area contributed by atoms with Gasteiger partial charge in [-0.15, -0.1) is 0 Å². The summed E-state index contributed by atoms with van der Waals surface area (Å²) in [5.41, 5.74) is 2.00. The van der Waals surface area contributed by atoms with Crippen molar-refractivity contribution in [3.05, 3.63) is 29.3 Å². The average molecular weight is 291 g/mol. The maximum absolute atomic E-state index is 12.2. The largest absolute Gasteiger partial charge is 0.478 e. The lowest BCUT2D eigenvalue weighted by Crippen LogP contribution is -2.44. The molecule has 0 unspecified atom stereocenters. The molecule has 0 atom stereocenters. The van der Waals surface area contributed by atoms with E-state index in [1.54, 1.807) is 23.1 Å². The third kappa shape index (κ3) is 3.72. The third-order valence-electron chi connectivity index (χ3n) is 3.53. The Kier molecular flexibility index (Phi) is 4.80. The number of rotatable bonds is 4. The van der Waals surface area contributed by atoms with Gasteiger partial charge in [-0.25, -0.2) is 9.59 Å². The average Bonchev–Trinajstić information content (AvgIpc) is 2.45. The number of carboxylic acid groups (broad SMARTS) is 1. The standard InChI is InChI=1S/C15H21N3O3/c1-17(2)9-7-16-15(21)18-8-3-4-11-10-12(14(19)20)5-6-13(11)18/h5-6,10H,3-4,7-9H2,1-2H3,(H,16,21)(H,19,20). The number of likely N-dealkylation sites (N-methyl/N-ethyl adjacent to an activating group) is 1. The van der Waals surface area contributed by atoms with Crippen molar-refractivity contribution in [3.63, 3.8) is 0 Å². The Bertz CT molecular complexity index is 543. The van der Waals surface area contributed by atoms with Crippen molar-refractivity contribution < 1.29 is 14.7 Å². The molecule has 6 nitrogen and oxygen atoms in total. The Balaban J connectivity index is 2.10. The zero-order valence-corrected chi connectivity index (χ0v) is 12.4. The molecular formula is C15H21N3O3. The van der Waals surface area contributed by atoms with Crippen LogP contribution in [-0.2, 0) is 6.42 Å². The predicted octanol–water partition coefficient (Wildman–Crippen LogP) is 1.41. The molecule has 0 aromatic heterocycles. The number of benzene rings is 1. The van der Waals surface area contributed by atoms with Crippen LogP contribution in [0, 0.1) is 0 Å². The van der Waals surface area contributed by atoms with Crippen molar-refractivity contribution in [2.24, 2.45) is 0 Å². The van der Waals surface area contributed by atoms with Gasteiger partial charge >= 0.3 is 12.0 Å². The van der Waals surface area contributed by atoms with E-state index in [-0.39, 0.29) is 11.6 Å². The number of nitrogens with one attached hydrogen (secondary N) is 1. The van der Waals surface area contributed by atoms with Crippen molar-refractivity contribution in [3.8, 4) is 0 Å². The molecular weight excluding hydrogens is 270 g/mol. The number of aryl methyl sites for hydroxylation is 1. The minimum absolute atomic E-state index is 0.124. The van der Waals surface area contributed by atoms with Crippen LogP contribution < -0.4 is 10.2 Å². The van der Waals surface area contributed by atoms with E-state index in [9.17, 15) is 9.59 Å². The minimum atomic E-state index is -0.939. The highest BCUT2D eigenvalue weighted by Crippen LogP contribution is 2.28. The summed E-state index contributed by atoms with van der Waals surface area (Å²) in [5.74, 6) is -0.939. The fourth-order valence-electron chi connectivity index (χ4n) is 2.42. The number of anilines is 1. The summed E-state index contributed by atoms with van der Waals surface area (Å²) in [5, 5.41) is 11.9. The summed E-state index contributed by atoms with van der Waals surface area (Å²) in [4.78, 5) is 26.9. The fraction of sp³-hybridized carbons (Fsp3) is 0.467. The number of hydrogen-bond donors (Lipinski definition) is 2. The quantitative estimate of drug-likeness (QED) is 0.879. The second kappa shape index (κ2) is 6.58. The van der Waals surface area contributed by atoms with Gasteiger partial charge in [0, 0.05) is 25.3 Å². The number of fused-ring (bicyclic) bond motifs is 1. The van der Waals surface area contributed by atoms with Gasteiger partial charge in [0.05, 0.1) is 5.56 Å². The van der Waals surface area contributed by atoms with E-state index in [1.165, 1.54) is 0 Å². The van der Waals surface area contributed by atoms with Crippen LogP contribution in [0.3, 0.4) is 0 Å². The van der Waals surface area contributed by atoms with Crippen LogP contribution in [0.5, 0.6) is 0 Å². The summed E-state index contributed by atoms with van der Waals surface area (Å²) in [6, 6.07) is 4.81. The van der Waals surface area contributed by atoms with E-state index >= 15 is 0 Å². The first kappa shape index (κ1) is 15.3. The Morgan fingerprint density at radius 1 is 1.38 bits per heavy atom. The van der Waals surface area contributed by atoms with E-state index in [1.807, 2.05) is 19.0 Å². The summed E-state index contributed by atoms with van der Waals surface area (Å²) in [6.07, 6.45) is 1.65. The van der Waals surface area contributed by atoms with Gasteiger partial charge < -0.3 is 15.3 Å². The molecule has 0 aliphatic carbocycles. The molecule has 1 aliphatic rings. The Labute approximate surface area is 124 Å². The van der Waals surface area contributed by atoms with Crippen LogP contribution in [0.1, 0.15) is 22.3 Å². The van der Waals surface area contributed by atoms with E-state index in [4.69, 9.17) is 5.11 Å². The zero-order chi connectivity index (χ0) is 15.4. The summed E-state index contributed by atoms with van der Waals surface area (Å²) in [6.45, 7) is 2.03. The molecule has 6 heteroatoms. The van der Waals surface area contributed by atoms with Crippen LogP contribution >= 0.6 is 0 Å². The molecule has 1 heterocycles. The van der Waals surface area contributed by atoms with Crippen LogP contribution in [0.4, 0.5) is 10.5 Å². The highest BCUT2D eigenvalue weighted by Gasteiger charge is 2.23. The molecule has 1 aliphatic heterocycles. The lowest BCUT2D eigenvalue weighted by atomic mass is 9.99. The highest BCUT2D eigenvalue weighted by molar-refractivity contribution is 5.95. The fourth-order valence-corrected chi connectivity index (χ4v) is 2.42. The number of amides is 2. The van der Waals surface area contributed by atoms with Gasteiger partial charge in [-0.05, 0) is 50.7 Å². The van der Waals surface area contributed by atoms with Crippen LogP contribution in [0.25, 0.3) is 0 Å². The van der Waals surface area contributed by atoms with Gasteiger partial charge in [0.1, 0.15) is 0 Å². The summed E-state index contributed by atoms with van der Waals surface area (Å²) < 4.78 is 0. The van der Waals surface area contributed by atoms with E-state index in [0.717, 1.165) is 30.6 Å². The van der Waals surface area contributed by atoms with Crippen molar-refractivity contribution in [2.45, 2.75) is 12.8 Å². The van der Waals surface area contributed by atoms with Crippen LogP contribution in [0.15, 0.2) is 18.2 Å². The number of nitrogens with zero attached hydrogens (tertiary/aromatic N) is 2. The van der Waals surface area contributed by atoms with Crippen molar-refractivity contribution in [1.82, 2.24) is 10.2 Å². The molecule has 0 spiro atoms. The predicted molar refractivity (Wildman–Crippen MR) is 81.0 cm³/mol. The number of carbonyl (C=O) groups excluding carboxylic acids is 1. The summed E-state index contributed by atoms with van der Waals surface area (Å²) >= 11 is 0. The second-order valence-electron chi connectivity index (χ2n) is 5.44. The van der Waals surface area contributed by atoms with Crippen molar-refractivity contribution >= 4 is 17.7 Å². The number of aromatic carboxylic acids is 1.